The van der Waals surface area contributed by atoms with E-state index in [1.54, 1.807) is 41.2 Å². The van der Waals surface area contributed by atoms with Crippen LogP contribution in [0.5, 0.6) is 11.6 Å². The van der Waals surface area contributed by atoms with Crippen LogP contribution in [0.4, 0.5) is 11.5 Å². The molecule has 0 aliphatic heterocycles. The van der Waals surface area contributed by atoms with Crippen molar-refractivity contribution in [1.29, 1.82) is 0 Å². The summed E-state index contributed by atoms with van der Waals surface area (Å²) < 4.78 is 7.82. The zero-order chi connectivity index (χ0) is 21.8. The zero-order valence-corrected chi connectivity index (χ0v) is 17.2. The maximum atomic E-state index is 11.4. The number of carbonyl (C=O) groups is 1. The molecule has 8 nitrogen and oxygen atoms in total. The molecule has 3 aromatic heterocycles. The third kappa shape index (κ3) is 4.69. The highest BCUT2D eigenvalue weighted by Gasteiger charge is 2.13. The van der Waals surface area contributed by atoms with Gasteiger partial charge in [0, 0.05) is 35.3 Å². The number of hydrogen-bond acceptors (Lipinski definition) is 6. The highest BCUT2D eigenvalue weighted by atomic mass is 16.5. The van der Waals surface area contributed by atoms with E-state index >= 15 is 0 Å². The summed E-state index contributed by atoms with van der Waals surface area (Å²) >= 11 is 0. The molecular weight excluding hydrogens is 392 g/mol. The third-order valence-corrected chi connectivity index (χ3v) is 4.55. The van der Waals surface area contributed by atoms with Crippen molar-refractivity contribution in [1.82, 2.24) is 19.7 Å². The molecule has 0 aliphatic rings. The summed E-state index contributed by atoms with van der Waals surface area (Å²) in [6.45, 7) is 3.97. The maximum Gasteiger partial charge on any atom is 0.248 e. The van der Waals surface area contributed by atoms with Gasteiger partial charge in [0.25, 0.3) is 0 Å². The Hall–Kier alpha value is -4.20. The van der Waals surface area contributed by atoms with Crippen LogP contribution < -0.4 is 15.8 Å². The minimum absolute atomic E-state index is 0.416. The number of amides is 1. The van der Waals surface area contributed by atoms with Crippen molar-refractivity contribution in [3.05, 3.63) is 83.8 Å². The van der Waals surface area contributed by atoms with Gasteiger partial charge in [-0.05, 0) is 49.7 Å². The summed E-state index contributed by atoms with van der Waals surface area (Å²) in [6.07, 6.45) is 2.41. The van der Waals surface area contributed by atoms with Crippen molar-refractivity contribution in [2.45, 2.75) is 20.3 Å². The van der Waals surface area contributed by atoms with Crippen LogP contribution in [0.1, 0.15) is 28.7 Å². The summed E-state index contributed by atoms with van der Waals surface area (Å²) in [5, 5.41) is 7.77. The Morgan fingerprint density at radius 1 is 1.13 bits per heavy atom. The first-order valence-electron chi connectivity index (χ1n) is 9.85. The lowest BCUT2D eigenvalue weighted by Crippen LogP contribution is -2.10. The predicted molar refractivity (Wildman–Crippen MR) is 118 cm³/mol. The molecule has 0 bridgehead atoms. The number of anilines is 2. The number of benzene rings is 1. The van der Waals surface area contributed by atoms with Crippen LogP contribution in [-0.4, -0.2) is 25.7 Å². The molecule has 3 heterocycles. The van der Waals surface area contributed by atoms with Gasteiger partial charge in [0.2, 0.25) is 11.8 Å². The number of rotatable bonds is 7. The van der Waals surface area contributed by atoms with E-state index in [0.29, 0.717) is 34.5 Å². The Morgan fingerprint density at radius 2 is 1.97 bits per heavy atom. The summed E-state index contributed by atoms with van der Waals surface area (Å²) in [7, 11) is 0. The van der Waals surface area contributed by atoms with Crippen molar-refractivity contribution in [3.63, 3.8) is 0 Å². The molecule has 31 heavy (non-hydrogen) atoms. The lowest BCUT2D eigenvalue weighted by Gasteiger charge is -2.11. The fraction of sp³-hybridized carbons (Fsp3) is 0.130. The number of nitrogens with one attached hydrogen (secondary N) is 1. The second-order valence-electron chi connectivity index (χ2n) is 6.93. The SMILES string of the molecule is CCc1cc(Oc2ccnc(Nc3cccc(C(N)=O)c3)c2)n(-c2cccc(C)n2)n1. The second kappa shape index (κ2) is 8.66. The Balaban J connectivity index is 1.60. The van der Waals surface area contributed by atoms with Gasteiger partial charge in [0.15, 0.2) is 5.82 Å². The molecule has 0 fully saturated rings. The predicted octanol–water partition coefficient (Wildman–Crippen LogP) is 4.17. The van der Waals surface area contributed by atoms with Gasteiger partial charge in [0.1, 0.15) is 11.6 Å². The van der Waals surface area contributed by atoms with E-state index in [0.717, 1.165) is 17.8 Å². The zero-order valence-electron chi connectivity index (χ0n) is 17.2. The average molecular weight is 414 g/mol. The van der Waals surface area contributed by atoms with E-state index in [2.05, 4.69) is 20.4 Å². The minimum Gasteiger partial charge on any atom is -0.439 e. The first-order valence-corrected chi connectivity index (χ1v) is 9.85. The molecule has 0 unspecified atom stereocenters. The molecule has 0 saturated carbocycles. The van der Waals surface area contributed by atoms with Gasteiger partial charge in [-0.1, -0.05) is 19.1 Å². The largest absolute Gasteiger partial charge is 0.439 e. The molecule has 0 radical (unpaired) electrons. The van der Waals surface area contributed by atoms with Gasteiger partial charge in [-0.2, -0.15) is 9.78 Å². The van der Waals surface area contributed by atoms with E-state index in [4.69, 9.17) is 10.5 Å². The molecule has 4 aromatic rings. The number of ether oxygens (including phenoxy) is 1. The molecule has 0 saturated heterocycles. The fourth-order valence-electron chi connectivity index (χ4n) is 3.03. The monoisotopic (exact) mass is 414 g/mol. The second-order valence-corrected chi connectivity index (χ2v) is 6.93. The van der Waals surface area contributed by atoms with Gasteiger partial charge >= 0.3 is 0 Å². The quantitative estimate of drug-likeness (QED) is 0.470. The Bertz CT molecular complexity index is 1230. The number of primary amides is 1. The van der Waals surface area contributed by atoms with Crippen LogP contribution in [0.25, 0.3) is 5.82 Å². The first-order chi connectivity index (χ1) is 15.0. The first kappa shape index (κ1) is 20.1. The van der Waals surface area contributed by atoms with Crippen molar-refractivity contribution in [2.75, 3.05) is 5.32 Å². The van der Waals surface area contributed by atoms with E-state index < -0.39 is 5.91 Å². The standard InChI is InChI=1S/C23H22N6O2/c1-3-17-13-22(29(28-17)21-9-4-6-15(2)26-21)31-19-10-11-25-20(14-19)27-18-8-5-7-16(12-18)23(24)30/h4-14H,3H2,1-2H3,(H2,24,30)(H,25,27). The van der Waals surface area contributed by atoms with E-state index in [-0.39, 0.29) is 0 Å². The topological polar surface area (TPSA) is 108 Å². The van der Waals surface area contributed by atoms with E-state index in [1.165, 1.54) is 0 Å². The molecule has 156 valence electrons. The minimum atomic E-state index is -0.488. The van der Waals surface area contributed by atoms with Crippen molar-refractivity contribution < 1.29 is 9.53 Å². The van der Waals surface area contributed by atoms with Crippen molar-refractivity contribution >= 4 is 17.4 Å². The number of carbonyl (C=O) groups excluding carboxylic acids is 1. The molecular formula is C23H22N6O2. The lowest BCUT2D eigenvalue weighted by atomic mass is 10.2. The Morgan fingerprint density at radius 3 is 2.74 bits per heavy atom. The van der Waals surface area contributed by atoms with Crippen LogP contribution in [0, 0.1) is 6.92 Å². The third-order valence-electron chi connectivity index (χ3n) is 4.55. The molecule has 8 heteroatoms. The Labute approximate surface area is 179 Å². The molecule has 0 spiro atoms. The van der Waals surface area contributed by atoms with Crippen LogP contribution >= 0.6 is 0 Å². The number of pyridine rings is 2. The van der Waals surface area contributed by atoms with Crippen LogP contribution in [0.2, 0.25) is 0 Å². The summed E-state index contributed by atoms with van der Waals surface area (Å²) in [4.78, 5) is 20.3. The molecule has 0 aliphatic carbocycles. The fourth-order valence-corrected chi connectivity index (χ4v) is 3.03. The van der Waals surface area contributed by atoms with Crippen molar-refractivity contribution in [2.24, 2.45) is 5.73 Å². The number of nitrogens with zero attached hydrogens (tertiary/aromatic N) is 4. The molecule has 1 amide bonds. The normalized spacial score (nSPS) is 10.6. The van der Waals surface area contributed by atoms with Crippen LogP contribution in [0.3, 0.4) is 0 Å². The number of aryl methyl sites for hydroxylation is 2. The Kier molecular flexibility index (Phi) is 5.61. The van der Waals surface area contributed by atoms with Gasteiger partial charge < -0.3 is 15.8 Å². The van der Waals surface area contributed by atoms with Gasteiger partial charge in [-0.15, -0.1) is 0 Å². The van der Waals surface area contributed by atoms with E-state index in [9.17, 15) is 4.79 Å². The molecule has 0 atom stereocenters. The van der Waals surface area contributed by atoms with E-state index in [1.807, 2.05) is 44.2 Å². The van der Waals surface area contributed by atoms with Gasteiger partial charge in [0.05, 0.1) is 5.69 Å². The summed E-state index contributed by atoms with van der Waals surface area (Å²) in [5.74, 6) is 1.90. The van der Waals surface area contributed by atoms with Crippen molar-refractivity contribution in [3.8, 4) is 17.4 Å². The molecule has 3 N–H and O–H groups in total. The number of aromatic nitrogens is 4. The molecule has 1 aromatic carbocycles. The average Bonchev–Trinajstić information content (AvgIpc) is 3.17. The van der Waals surface area contributed by atoms with Crippen LogP contribution in [0.15, 0.2) is 66.9 Å². The lowest BCUT2D eigenvalue weighted by molar-refractivity contribution is 0.100. The summed E-state index contributed by atoms with van der Waals surface area (Å²) in [5.41, 5.74) is 8.26. The smallest absolute Gasteiger partial charge is 0.248 e. The highest BCUT2D eigenvalue weighted by Crippen LogP contribution is 2.27. The number of hydrogen-bond donors (Lipinski definition) is 2. The summed E-state index contributed by atoms with van der Waals surface area (Å²) in [6, 6.07) is 18.1. The van der Waals surface area contributed by atoms with Crippen LogP contribution in [-0.2, 0) is 6.42 Å². The highest BCUT2D eigenvalue weighted by molar-refractivity contribution is 5.93. The molecule has 4 rings (SSSR count). The van der Waals surface area contributed by atoms with Gasteiger partial charge in [-0.3, -0.25) is 4.79 Å². The number of nitrogens with two attached hydrogens (primary N) is 1. The van der Waals surface area contributed by atoms with Gasteiger partial charge in [-0.25, -0.2) is 9.97 Å². The maximum absolute atomic E-state index is 11.4.